The minimum absolute atomic E-state index is 0.414. The smallest absolute Gasteiger partial charge is 0.119 e. The van der Waals surface area contributed by atoms with Crippen molar-refractivity contribution in [2.75, 3.05) is 7.11 Å². The van der Waals surface area contributed by atoms with Gasteiger partial charge in [-0.1, -0.05) is 6.92 Å². The van der Waals surface area contributed by atoms with Crippen molar-refractivity contribution < 1.29 is 4.74 Å². The summed E-state index contributed by atoms with van der Waals surface area (Å²) in [5.74, 6) is 6.83. The van der Waals surface area contributed by atoms with Crippen LogP contribution < -0.4 is 10.6 Å². The van der Waals surface area contributed by atoms with Gasteiger partial charge in [0, 0.05) is 16.8 Å². The molecule has 18 heavy (non-hydrogen) atoms. The molecular weight excluding hydrogens is 226 g/mol. The van der Waals surface area contributed by atoms with Crippen molar-refractivity contribution in [3.8, 4) is 5.75 Å². The molecule has 0 radical (unpaired) electrons. The Morgan fingerprint density at radius 3 is 3.00 bits per heavy atom. The Balaban J connectivity index is 2.25. The molecule has 1 aliphatic rings. The monoisotopic (exact) mass is 243 g/mol. The Hall–Kier alpha value is -1.97. The quantitative estimate of drug-likeness (QED) is 0.597. The number of aromatic nitrogens is 1. The number of fused-ring (bicyclic) bond motifs is 3. The highest BCUT2D eigenvalue weighted by Gasteiger charge is 2.25. The molecule has 1 heterocycles. The number of rotatable bonds is 1. The number of hydrazone groups is 1. The van der Waals surface area contributed by atoms with Crippen LogP contribution in [0.3, 0.4) is 0 Å². The van der Waals surface area contributed by atoms with E-state index in [1.54, 1.807) is 7.11 Å². The summed E-state index contributed by atoms with van der Waals surface area (Å²) in [7, 11) is 1.69. The summed E-state index contributed by atoms with van der Waals surface area (Å²) in [6.45, 7) is 2.17. The molecule has 1 aromatic carbocycles. The van der Waals surface area contributed by atoms with E-state index in [1.807, 2.05) is 12.1 Å². The van der Waals surface area contributed by atoms with Crippen molar-refractivity contribution in [1.29, 1.82) is 0 Å². The molecule has 4 nitrogen and oxygen atoms in total. The lowest BCUT2D eigenvalue weighted by Crippen LogP contribution is -2.22. The van der Waals surface area contributed by atoms with Crippen LogP contribution in [0.2, 0.25) is 0 Å². The standard InChI is InChI=1S/C14H17N3O/c1-8-3-5-10-11-7-9(18-2)4-6-12(11)16-14(10)13(8)17-15/h4,6-8,16H,3,5,15H2,1-2H3/b17-13-. The van der Waals surface area contributed by atoms with E-state index in [-0.39, 0.29) is 0 Å². The molecule has 3 N–H and O–H groups in total. The number of nitrogens with one attached hydrogen (secondary N) is 1. The average Bonchev–Trinajstić information content (AvgIpc) is 2.76. The normalized spacial score (nSPS) is 21.2. The first-order valence-electron chi connectivity index (χ1n) is 6.21. The molecule has 1 aliphatic carbocycles. The molecule has 0 saturated heterocycles. The Morgan fingerprint density at radius 1 is 1.44 bits per heavy atom. The third-order valence-electron chi connectivity index (χ3n) is 3.80. The van der Waals surface area contributed by atoms with Crippen molar-refractivity contribution in [2.24, 2.45) is 16.9 Å². The topological polar surface area (TPSA) is 63.4 Å². The molecule has 1 unspecified atom stereocenters. The van der Waals surface area contributed by atoms with Crippen LogP contribution in [-0.2, 0) is 6.42 Å². The number of ether oxygens (including phenoxy) is 1. The number of benzene rings is 1. The van der Waals surface area contributed by atoms with Gasteiger partial charge in [-0.3, -0.25) is 0 Å². The fourth-order valence-corrected chi connectivity index (χ4v) is 2.77. The van der Waals surface area contributed by atoms with Crippen molar-refractivity contribution in [3.05, 3.63) is 29.5 Å². The van der Waals surface area contributed by atoms with Gasteiger partial charge in [0.2, 0.25) is 0 Å². The Bertz CT molecular complexity index is 627. The van der Waals surface area contributed by atoms with E-state index in [0.29, 0.717) is 5.92 Å². The van der Waals surface area contributed by atoms with Crippen molar-refractivity contribution >= 4 is 16.6 Å². The van der Waals surface area contributed by atoms with Gasteiger partial charge in [-0.05, 0) is 36.6 Å². The van der Waals surface area contributed by atoms with E-state index in [0.717, 1.165) is 35.5 Å². The lowest BCUT2D eigenvalue weighted by molar-refractivity contribution is 0.415. The fraction of sp³-hybridized carbons (Fsp3) is 0.357. The Morgan fingerprint density at radius 2 is 2.28 bits per heavy atom. The SMILES string of the molecule is COc1ccc2[nH]c3c(c2c1)CCC(C)/C3=N/N. The first-order chi connectivity index (χ1) is 8.74. The third-order valence-corrected chi connectivity index (χ3v) is 3.80. The predicted octanol–water partition coefficient (Wildman–Crippen LogP) is 2.42. The maximum Gasteiger partial charge on any atom is 0.119 e. The molecule has 2 aromatic rings. The lowest BCUT2D eigenvalue weighted by atomic mass is 9.86. The lowest BCUT2D eigenvalue weighted by Gasteiger charge is -2.20. The highest BCUT2D eigenvalue weighted by Crippen LogP contribution is 2.33. The van der Waals surface area contributed by atoms with Gasteiger partial charge in [-0.15, -0.1) is 0 Å². The van der Waals surface area contributed by atoms with Crippen LogP contribution in [0.25, 0.3) is 10.9 Å². The third kappa shape index (κ3) is 1.49. The van der Waals surface area contributed by atoms with Crippen LogP contribution in [0.15, 0.2) is 23.3 Å². The van der Waals surface area contributed by atoms with Crippen molar-refractivity contribution in [2.45, 2.75) is 19.8 Å². The average molecular weight is 243 g/mol. The molecule has 0 bridgehead atoms. The van der Waals surface area contributed by atoms with Crippen LogP contribution in [0.5, 0.6) is 5.75 Å². The van der Waals surface area contributed by atoms with Gasteiger partial charge >= 0.3 is 0 Å². The summed E-state index contributed by atoms with van der Waals surface area (Å²) >= 11 is 0. The molecule has 1 atom stereocenters. The number of methoxy groups -OCH3 is 1. The molecular formula is C14H17N3O. The highest BCUT2D eigenvalue weighted by molar-refractivity contribution is 6.07. The summed E-state index contributed by atoms with van der Waals surface area (Å²) in [5, 5.41) is 5.18. The van der Waals surface area contributed by atoms with Gasteiger partial charge < -0.3 is 15.6 Å². The second-order valence-electron chi connectivity index (χ2n) is 4.84. The molecule has 0 saturated carbocycles. The van der Waals surface area contributed by atoms with Gasteiger partial charge in [0.25, 0.3) is 0 Å². The van der Waals surface area contributed by atoms with Crippen LogP contribution in [0, 0.1) is 5.92 Å². The Kier molecular flexibility index (Phi) is 2.51. The molecule has 0 aliphatic heterocycles. The maximum absolute atomic E-state index is 5.53. The van der Waals surface area contributed by atoms with Crippen LogP contribution in [-0.4, -0.2) is 17.8 Å². The number of aromatic amines is 1. The summed E-state index contributed by atoms with van der Waals surface area (Å²) in [4.78, 5) is 3.43. The number of hydrogen-bond donors (Lipinski definition) is 2. The number of hydrogen-bond acceptors (Lipinski definition) is 3. The molecule has 0 fully saturated rings. The zero-order chi connectivity index (χ0) is 12.7. The van der Waals surface area contributed by atoms with E-state index in [2.05, 4.69) is 23.1 Å². The number of aryl methyl sites for hydroxylation is 1. The van der Waals surface area contributed by atoms with Gasteiger partial charge in [0.1, 0.15) is 5.75 Å². The van der Waals surface area contributed by atoms with Crippen LogP contribution in [0.4, 0.5) is 0 Å². The first kappa shape index (κ1) is 11.1. The predicted molar refractivity (Wildman–Crippen MR) is 73.1 cm³/mol. The van der Waals surface area contributed by atoms with E-state index in [1.165, 1.54) is 10.9 Å². The number of H-pyrrole nitrogens is 1. The number of nitrogens with two attached hydrogens (primary N) is 1. The number of nitrogens with zero attached hydrogens (tertiary/aromatic N) is 1. The molecule has 0 amide bonds. The zero-order valence-electron chi connectivity index (χ0n) is 10.7. The van der Waals surface area contributed by atoms with Crippen molar-refractivity contribution in [1.82, 2.24) is 4.98 Å². The minimum atomic E-state index is 0.414. The van der Waals surface area contributed by atoms with Gasteiger partial charge in [0.05, 0.1) is 18.5 Å². The van der Waals surface area contributed by atoms with E-state index in [9.17, 15) is 0 Å². The molecule has 94 valence electrons. The van der Waals surface area contributed by atoms with E-state index < -0.39 is 0 Å². The largest absolute Gasteiger partial charge is 0.497 e. The fourth-order valence-electron chi connectivity index (χ4n) is 2.77. The van der Waals surface area contributed by atoms with E-state index >= 15 is 0 Å². The van der Waals surface area contributed by atoms with Crippen LogP contribution in [0.1, 0.15) is 24.6 Å². The summed E-state index contributed by atoms with van der Waals surface area (Å²) in [5.41, 5.74) is 4.51. The summed E-state index contributed by atoms with van der Waals surface area (Å²) in [6.07, 6.45) is 2.15. The molecule has 0 spiro atoms. The zero-order valence-corrected chi connectivity index (χ0v) is 10.7. The van der Waals surface area contributed by atoms with Crippen molar-refractivity contribution in [3.63, 3.8) is 0 Å². The highest BCUT2D eigenvalue weighted by atomic mass is 16.5. The maximum atomic E-state index is 5.53. The molecule has 3 rings (SSSR count). The Labute approximate surface area is 106 Å². The second-order valence-corrected chi connectivity index (χ2v) is 4.84. The van der Waals surface area contributed by atoms with Crippen LogP contribution >= 0.6 is 0 Å². The minimum Gasteiger partial charge on any atom is -0.497 e. The molecule has 4 heteroatoms. The van der Waals surface area contributed by atoms with Gasteiger partial charge in [0.15, 0.2) is 0 Å². The van der Waals surface area contributed by atoms with E-state index in [4.69, 9.17) is 10.6 Å². The second kappa shape index (κ2) is 4.05. The summed E-state index contributed by atoms with van der Waals surface area (Å²) < 4.78 is 5.29. The summed E-state index contributed by atoms with van der Waals surface area (Å²) in [6, 6.07) is 6.09. The molecule has 1 aromatic heterocycles. The van der Waals surface area contributed by atoms with Gasteiger partial charge in [-0.25, -0.2) is 0 Å². The van der Waals surface area contributed by atoms with Gasteiger partial charge in [-0.2, -0.15) is 5.10 Å². The first-order valence-corrected chi connectivity index (χ1v) is 6.21.